The van der Waals surface area contributed by atoms with Crippen molar-refractivity contribution in [3.63, 3.8) is 0 Å². The molecule has 1 rings (SSSR count). The Morgan fingerprint density at radius 3 is 2.69 bits per heavy atom. The van der Waals surface area contributed by atoms with Gasteiger partial charge in [-0.2, -0.15) is 0 Å². The summed E-state index contributed by atoms with van der Waals surface area (Å²) in [4.78, 5) is 0. The second-order valence-corrected chi connectivity index (χ2v) is 3.84. The van der Waals surface area contributed by atoms with Gasteiger partial charge < -0.3 is 4.74 Å². The molecule has 0 heterocycles. The largest absolute Gasteiger partial charge is 0.494 e. The molecule has 1 heteroatoms. The Labute approximate surface area is 98.8 Å². The van der Waals surface area contributed by atoms with Crippen LogP contribution in [0.2, 0.25) is 0 Å². The average molecular weight is 216 g/mol. The Balaban J connectivity index is 2.76. The molecule has 0 aliphatic rings. The summed E-state index contributed by atoms with van der Waals surface area (Å²) in [5.74, 6) is 3.66. The number of hydrogen-bond acceptors (Lipinski definition) is 1. The monoisotopic (exact) mass is 216 g/mol. The first-order valence-corrected chi connectivity index (χ1v) is 5.99. The summed E-state index contributed by atoms with van der Waals surface area (Å²) in [6.07, 6.45) is 9.14. The second kappa shape index (κ2) is 6.95. The minimum Gasteiger partial charge on any atom is -0.494 e. The molecule has 1 aromatic carbocycles. The average Bonchev–Trinajstić information content (AvgIpc) is 2.34. The number of rotatable bonds is 6. The van der Waals surface area contributed by atoms with Gasteiger partial charge in [0, 0.05) is 6.42 Å². The fraction of sp³-hybridized carbons (Fsp3) is 0.467. The highest BCUT2D eigenvalue weighted by molar-refractivity contribution is 5.36. The molecule has 0 bridgehead atoms. The van der Waals surface area contributed by atoms with E-state index in [4.69, 9.17) is 11.2 Å². The minimum absolute atomic E-state index is 0.785. The lowest BCUT2D eigenvalue weighted by atomic mass is 10.0. The highest BCUT2D eigenvalue weighted by Crippen LogP contribution is 2.20. The smallest absolute Gasteiger partial charge is 0.119 e. The highest BCUT2D eigenvalue weighted by Gasteiger charge is 2.02. The Kier molecular flexibility index (Phi) is 5.50. The van der Waals surface area contributed by atoms with Crippen molar-refractivity contribution in [2.24, 2.45) is 0 Å². The molecule has 86 valence electrons. The molecule has 0 radical (unpaired) electrons. The van der Waals surface area contributed by atoms with Crippen LogP contribution in [-0.4, -0.2) is 6.61 Å². The molecule has 0 aliphatic heterocycles. The molecule has 0 amide bonds. The van der Waals surface area contributed by atoms with E-state index in [-0.39, 0.29) is 0 Å². The van der Waals surface area contributed by atoms with Crippen molar-refractivity contribution in [3.8, 4) is 18.1 Å². The lowest BCUT2D eigenvalue weighted by molar-refractivity contribution is 0.317. The predicted molar refractivity (Wildman–Crippen MR) is 68.8 cm³/mol. The standard InChI is InChI=1S/C15H20O/c1-4-7-8-14-9-10-15(16-11-5-2)12-13(14)6-3/h1,9-10,12H,5-8,11H2,2-3H3. The van der Waals surface area contributed by atoms with Gasteiger partial charge in [0.1, 0.15) is 5.75 Å². The second-order valence-electron chi connectivity index (χ2n) is 3.84. The van der Waals surface area contributed by atoms with Gasteiger partial charge in [-0.05, 0) is 42.5 Å². The first-order chi connectivity index (χ1) is 7.81. The van der Waals surface area contributed by atoms with Crippen molar-refractivity contribution in [1.82, 2.24) is 0 Å². The first kappa shape index (κ1) is 12.6. The molecule has 0 aromatic heterocycles. The summed E-state index contributed by atoms with van der Waals surface area (Å²) in [6, 6.07) is 6.32. The molecule has 0 saturated carbocycles. The zero-order valence-corrected chi connectivity index (χ0v) is 10.3. The van der Waals surface area contributed by atoms with E-state index in [1.807, 2.05) is 6.07 Å². The van der Waals surface area contributed by atoms with Gasteiger partial charge in [0.15, 0.2) is 0 Å². The van der Waals surface area contributed by atoms with Crippen molar-refractivity contribution in [3.05, 3.63) is 29.3 Å². The summed E-state index contributed by atoms with van der Waals surface area (Å²) < 4.78 is 5.62. The normalized spacial score (nSPS) is 9.81. The molecule has 0 N–H and O–H groups in total. The molecule has 0 atom stereocenters. The summed E-state index contributed by atoms with van der Waals surface area (Å²) in [5.41, 5.74) is 2.70. The first-order valence-electron chi connectivity index (χ1n) is 5.99. The Hall–Kier alpha value is -1.42. The summed E-state index contributed by atoms with van der Waals surface area (Å²) in [7, 11) is 0. The van der Waals surface area contributed by atoms with Crippen LogP contribution in [0.3, 0.4) is 0 Å². The van der Waals surface area contributed by atoms with Crippen molar-refractivity contribution < 1.29 is 4.74 Å². The number of aryl methyl sites for hydroxylation is 2. The molecular formula is C15H20O. The fourth-order valence-electron chi connectivity index (χ4n) is 1.69. The van der Waals surface area contributed by atoms with Gasteiger partial charge in [0.05, 0.1) is 6.61 Å². The molecule has 0 spiro atoms. The van der Waals surface area contributed by atoms with E-state index >= 15 is 0 Å². The molecular weight excluding hydrogens is 196 g/mol. The van der Waals surface area contributed by atoms with Crippen LogP contribution in [0.4, 0.5) is 0 Å². The van der Waals surface area contributed by atoms with Crippen molar-refractivity contribution in [1.29, 1.82) is 0 Å². The van der Waals surface area contributed by atoms with E-state index < -0.39 is 0 Å². The van der Waals surface area contributed by atoms with Crippen LogP contribution in [0, 0.1) is 12.3 Å². The Morgan fingerprint density at radius 1 is 1.25 bits per heavy atom. The maximum Gasteiger partial charge on any atom is 0.119 e. The lowest BCUT2D eigenvalue weighted by Crippen LogP contribution is -1.98. The van der Waals surface area contributed by atoms with Gasteiger partial charge in [-0.1, -0.05) is 19.9 Å². The molecule has 0 unspecified atom stereocenters. The topological polar surface area (TPSA) is 9.23 Å². The van der Waals surface area contributed by atoms with Crippen molar-refractivity contribution in [2.75, 3.05) is 6.61 Å². The van der Waals surface area contributed by atoms with Crippen LogP contribution in [0.15, 0.2) is 18.2 Å². The number of ether oxygens (including phenoxy) is 1. The van der Waals surface area contributed by atoms with Crippen LogP contribution in [0.25, 0.3) is 0 Å². The molecule has 16 heavy (non-hydrogen) atoms. The lowest BCUT2D eigenvalue weighted by Gasteiger charge is -2.10. The third kappa shape index (κ3) is 3.62. The molecule has 1 nitrogen and oxygen atoms in total. The number of hydrogen-bond donors (Lipinski definition) is 0. The van der Waals surface area contributed by atoms with E-state index in [0.29, 0.717) is 0 Å². The molecule has 0 aliphatic carbocycles. The van der Waals surface area contributed by atoms with Crippen molar-refractivity contribution >= 4 is 0 Å². The van der Waals surface area contributed by atoms with Gasteiger partial charge in [0.2, 0.25) is 0 Å². The maximum atomic E-state index is 5.62. The van der Waals surface area contributed by atoms with Gasteiger partial charge in [-0.25, -0.2) is 0 Å². The van der Waals surface area contributed by atoms with E-state index in [9.17, 15) is 0 Å². The van der Waals surface area contributed by atoms with Crippen LogP contribution < -0.4 is 4.74 Å². The summed E-state index contributed by atoms with van der Waals surface area (Å²) in [5, 5.41) is 0. The van der Waals surface area contributed by atoms with E-state index in [1.54, 1.807) is 0 Å². The van der Waals surface area contributed by atoms with Crippen LogP contribution in [-0.2, 0) is 12.8 Å². The van der Waals surface area contributed by atoms with E-state index in [0.717, 1.165) is 38.0 Å². The Bertz CT molecular complexity index is 360. The highest BCUT2D eigenvalue weighted by atomic mass is 16.5. The zero-order chi connectivity index (χ0) is 11.8. The minimum atomic E-state index is 0.785. The zero-order valence-electron chi connectivity index (χ0n) is 10.3. The number of terminal acetylenes is 1. The van der Waals surface area contributed by atoms with E-state index in [2.05, 4.69) is 31.9 Å². The number of benzene rings is 1. The van der Waals surface area contributed by atoms with Crippen LogP contribution >= 0.6 is 0 Å². The van der Waals surface area contributed by atoms with Gasteiger partial charge in [0.25, 0.3) is 0 Å². The van der Waals surface area contributed by atoms with E-state index in [1.165, 1.54) is 11.1 Å². The SMILES string of the molecule is C#CCCc1ccc(OCCC)cc1CC. The van der Waals surface area contributed by atoms with Gasteiger partial charge in [-0.15, -0.1) is 12.3 Å². The third-order valence-corrected chi connectivity index (χ3v) is 2.57. The third-order valence-electron chi connectivity index (χ3n) is 2.57. The van der Waals surface area contributed by atoms with Crippen LogP contribution in [0.1, 0.15) is 37.8 Å². The molecule has 0 fully saturated rings. The van der Waals surface area contributed by atoms with Gasteiger partial charge >= 0.3 is 0 Å². The quantitative estimate of drug-likeness (QED) is 0.660. The predicted octanol–water partition coefficient (Wildman–Crippen LogP) is 3.60. The fourth-order valence-corrected chi connectivity index (χ4v) is 1.69. The Morgan fingerprint density at radius 2 is 2.06 bits per heavy atom. The summed E-state index contributed by atoms with van der Waals surface area (Å²) >= 11 is 0. The molecule has 1 aromatic rings. The van der Waals surface area contributed by atoms with Crippen molar-refractivity contribution in [2.45, 2.75) is 39.5 Å². The van der Waals surface area contributed by atoms with Crippen LogP contribution in [0.5, 0.6) is 5.75 Å². The maximum absolute atomic E-state index is 5.62. The molecule has 0 saturated heterocycles. The summed E-state index contributed by atoms with van der Waals surface area (Å²) in [6.45, 7) is 5.06. The van der Waals surface area contributed by atoms with Gasteiger partial charge in [-0.3, -0.25) is 0 Å².